The highest BCUT2D eigenvalue weighted by atomic mass is 16.7. The normalized spacial score (nSPS) is 51.3. The predicted octanol–water partition coefficient (Wildman–Crippen LogP) is -2.04. The van der Waals surface area contributed by atoms with Crippen LogP contribution in [0.1, 0.15) is 33.6 Å². The number of rotatable bonds is 5. The van der Waals surface area contributed by atoms with E-state index in [0.29, 0.717) is 0 Å². The lowest BCUT2D eigenvalue weighted by atomic mass is 9.59. The monoisotopic (exact) mass is 418 g/mol. The van der Waals surface area contributed by atoms with Crippen molar-refractivity contribution in [2.45, 2.75) is 87.7 Å². The van der Waals surface area contributed by atoms with Gasteiger partial charge in [-0.3, -0.25) is 4.79 Å². The van der Waals surface area contributed by atoms with Gasteiger partial charge in [0.2, 0.25) is 0 Å². The topological polar surface area (TPSA) is 166 Å². The lowest BCUT2D eigenvalue weighted by molar-refractivity contribution is -0.319. The van der Waals surface area contributed by atoms with Crippen LogP contribution in [0.3, 0.4) is 0 Å². The van der Waals surface area contributed by atoms with Crippen molar-refractivity contribution in [3.8, 4) is 0 Å². The smallest absolute Gasteiger partial charge is 0.315 e. The van der Waals surface area contributed by atoms with E-state index in [1.165, 1.54) is 26.0 Å². The number of ether oxygens (including phenoxy) is 3. The van der Waals surface area contributed by atoms with Gasteiger partial charge < -0.3 is 44.8 Å². The fraction of sp³-hybridized carbons (Fsp3) is 0.842. The molecule has 2 saturated heterocycles. The summed E-state index contributed by atoms with van der Waals surface area (Å²) in [6, 6.07) is 0. The van der Waals surface area contributed by atoms with Gasteiger partial charge in [-0.15, -0.1) is 0 Å². The van der Waals surface area contributed by atoms with E-state index >= 15 is 0 Å². The molecule has 10 heteroatoms. The van der Waals surface area contributed by atoms with Crippen LogP contribution in [0.25, 0.3) is 0 Å². The predicted molar refractivity (Wildman–Crippen MR) is 96.2 cm³/mol. The molecule has 0 spiro atoms. The first kappa shape index (κ1) is 22.6. The van der Waals surface area contributed by atoms with Crippen LogP contribution >= 0.6 is 0 Å². The molecular formula is C19H30O10. The van der Waals surface area contributed by atoms with Gasteiger partial charge >= 0.3 is 5.97 Å². The third kappa shape index (κ3) is 3.41. The van der Waals surface area contributed by atoms with E-state index in [0.717, 1.165) is 0 Å². The molecule has 1 saturated carbocycles. The van der Waals surface area contributed by atoms with Crippen LogP contribution in [-0.2, 0) is 19.0 Å². The van der Waals surface area contributed by atoms with Gasteiger partial charge in [0.15, 0.2) is 6.29 Å². The molecule has 29 heavy (non-hydrogen) atoms. The average molecular weight is 418 g/mol. The van der Waals surface area contributed by atoms with Gasteiger partial charge in [0.1, 0.15) is 41.0 Å². The van der Waals surface area contributed by atoms with Crippen molar-refractivity contribution < 1.29 is 49.6 Å². The van der Waals surface area contributed by atoms with Crippen LogP contribution in [0.2, 0.25) is 0 Å². The van der Waals surface area contributed by atoms with Crippen LogP contribution in [0.5, 0.6) is 0 Å². The molecule has 2 heterocycles. The van der Waals surface area contributed by atoms with Crippen LogP contribution < -0.4 is 0 Å². The molecule has 3 fully saturated rings. The Morgan fingerprint density at radius 1 is 1.21 bits per heavy atom. The van der Waals surface area contributed by atoms with Crippen molar-refractivity contribution in [2.75, 3.05) is 6.61 Å². The molecule has 2 aliphatic heterocycles. The van der Waals surface area contributed by atoms with E-state index in [1.54, 1.807) is 6.92 Å². The Hall–Kier alpha value is -1.11. The van der Waals surface area contributed by atoms with Gasteiger partial charge in [0.25, 0.3) is 0 Å². The van der Waals surface area contributed by atoms with Crippen LogP contribution in [0.15, 0.2) is 12.2 Å². The Balaban J connectivity index is 1.83. The zero-order chi connectivity index (χ0) is 21.8. The Bertz CT molecular complexity index is 665. The highest BCUT2D eigenvalue weighted by Gasteiger charge is 2.73. The second kappa shape index (κ2) is 7.54. The van der Waals surface area contributed by atoms with Crippen LogP contribution in [-0.4, -0.2) is 97.3 Å². The maximum Gasteiger partial charge on any atom is 0.315 e. The first-order chi connectivity index (χ1) is 13.4. The van der Waals surface area contributed by atoms with E-state index in [9.17, 15) is 35.4 Å². The van der Waals surface area contributed by atoms with Crippen molar-refractivity contribution in [1.29, 1.82) is 0 Å². The SMILES string of the molecule is C[C@@H](O)/C=C/[C@@]1(O)[C@@]2(C)C[C@@H](O[C@@H]3O[C@H](CO)[C@@H](O)[C@H](O)[C@H]3O)C[C@]1(C)C(=O)O2. The maximum absolute atomic E-state index is 12.6. The number of hydrogen-bond acceptors (Lipinski definition) is 10. The number of aliphatic hydroxyl groups is 6. The molecular weight excluding hydrogens is 388 g/mol. The van der Waals surface area contributed by atoms with Gasteiger partial charge in [0.05, 0.1) is 18.8 Å². The highest BCUT2D eigenvalue weighted by molar-refractivity contribution is 5.83. The number of carbonyl (C=O) groups excluding carboxylic acids is 1. The summed E-state index contributed by atoms with van der Waals surface area (Å²) in [6.07, 6.45) is -5.80. The first-order valence-corrected chi connectivity index (χ1v) is 9.68. The minimum atomic E-state index is -1.69. The van der Waals surface area contributed by atoms with Crippen molar-refractivity contribution in [2.24, 2.45) is 5.41 Å². The molecule has 0 radical (unpaired) electrons. The van der Waals surface area contributed by atoms with Gasteiger partial charge in [-0.2, -0.15) is 0 Å². The standard InChI is InChI=1S/C19H30O10/c1-9(21)4-5-19(26)17(2)6-10(7-18(19,3)29-16(17)25)27-15-14(24)13(23)12(22)11(8-20)28-15/h4-5,9-15,20-24,26H,6-8H2,1-3H3/b5-4+/t9-,10+,11-,12-,13+,14-,15-,17-,18-,19+/m1/s1. The number of esters is 1. The van der Waals surface area contributed by atoms with Crippen LogP contribution in [0, 0.1) is 5.41 Å². The Kier molecular flexibility index (Phi) is 5.87. The molecule has 166 valence electrons. The third-order valence-electron chi connectivity index (χ3n) is 6.46. The molecule has 0 unspecified atom stereocenters. The number of hydrogen-bond donors (Lipinski definition) is 6. The zero-order valence-corrected chi connectivity index (χ0v) is 16.6. The molecule has 3 rings (SSSR count). The summed E-state index contributed by atoms with van der Waals surface area (Å²) in [6.45, 7) is 4.03. The van der Waals surface area contributed by atoms with E-state index in [4.69, 9.17) is 14.2 Å². The number of carbonyl (C=O) groups is 1. The maximum atomic E-state index is 12.6. The van der Waals surface area contributed by atoms with Gasteiger partial charge in [-0.1, -0.05) is 6.08 Å². The van der Waals surface area contributed by atoms with Crippen molar-refractivity contribution in [3.63, 3.8) is 0 Å². The summed E-state index contributed by atoms with van der Waals surface area (Å²) >= 11 is 0. The zero-order valence-electron chi connectivity index (χ0n) is 16.6. The van der Waals surface area contributed by atoms with Gasteiger partial charge in [0, 0.05) is 6.42 Å². The average Bonchev–Trinajstić information content (AvgIpc) is 2.71. The number of fused-ring (bicyclic) bond motifs is 2. The Morgan fingerprint density at radius 3 is 2.41 bits per heavy atom. The van der Waals surface area contributed by atoms with E-state index < -0.39 is 72.1 Å². The van der Waals surface area contributed by atoms with E-state index in [2.05, 4.69) is 0 Å². The van der Waals surface area contributed by atoms with Crippen molar-refractivity contribution in [3.05, 3.63) is 12.2 Å². The summed E-state index contributed by atoms with van der Waals surface area (Å²) in [5.41, 5.74) is -4.44. The summed E-state index contributed by atoms with van der Waals surface area (Å²) in [7, 11) is 0. The van der Waals surface area contributed by atoms with Crippen molar-refractivity contribution >= 4 is 5.97 Å². The Morgan fingerprint density at radius 2 is 1.86 bits per heavy atom. The van der Waals surface area contributed by atoms with E-state index in [-0.39, 0.29) is 12.8 Å². The summed E-state index contributed by atoms with van der Waals surface area (Å²) in [5, 5.41) is 60.3. The summed E-state index contributed by atoms with van der Waals surface area (Å²) in [4.78, 5) is 12.6. The van der Waals surface area contributed by atoms with Gasteiger partial charge in [-0.05, 0) is 33.3 Å². The molecule has 0 amide bonds. The summed E-state index contributed by atoms with van der Waals surface area (Å²) in [5.74, 6) is -0.613. The molecule has 6 N–H and O–H groups in total. The quantitative estimate of drug-likeness (QED) is 0.216. The lowest BCUT2D eigenvalue weighted by Crippen LogP contribution is -2.64. The van der Waals surface area contributed by atoms with E-state index in [1.807, 2.05) is 0 Å². The summed E-state index contributed by atoms with van der Waals surface area (Å²) < 4.78 is 16.7. The fourth-order valence-electron chi connectivity index (χ4n) is 4.64. The van der Waals surface area contributed by atoms with Gasteiger partial charge in [-0.25, -0.2) is 0 Å². The molecule has 2 bridgehead atoms. The lowest BCUT2D eigenvalue weighted by Gasteiger charge is -2.49. The van der Waals surface area contributed by atoms with Crippen LogP contribution in [0.4, 0.5) is 0 Å². The molecule has 10 atom stereocenters. The molecule has 3 aliphatic rings. The number of aliphatic hydroxyl groups excluding tert-OH is 5. The third-order valence-corrected chi connectivity index (χ3v) is 6.46. The molecule has 0 aromatic rings. The molecule has 1 aliphatic carbocycles. The Labute approximate surface area is 168 Å². The van der Waals surface area contributed by atoms with Crippen molar-refractivity contribution in [1.82, 2.24) is 0 Å². The largest absolute Gasteiger partial charge is 0.455 e. The first-order valence-electron chi connectivity index (χ1n) is 9.68. The second-order valence-electron chi connectivity index (χ2n) is 8.68. The minimum Gasteiger partial charge on any atom is -0.455 e. The molecule has 0 aromatic heterocycles. The fourth-order valence-corrected chi connectivity index (χ4v) is 4.64. The second-order valence-corrected chi connectivity index (χ2v) is 8.68. The highest BCUT2D eigenvalue weighted by Crippen LogP contribution is 2.59. The molecule has 0 aromatic carbocycles. The molecule has 10 nitrogen and oxygen atoms in total. The minimum absolute atomic E-state index is 0.0249.